The van der Waals surface area contributed by atoms with E-state index in [0.29, 0.717) is 5.75 Å². The Morgan fingerprint density at radius 3 is 2.31 bits per heavy atom. The smallest absolute Gasteiger partial charge is 0.276 e. The van der Waals surface area contributed by atoms with Crippen molar-refractivity contribution in [3.8, 4) is 5.75 Å². The molecule has 2 rings (SSSR count). The molecule has 0 aliphatic rings. The van der Waals surface area contributed by atoms with Crippen LogP contribution in [-0.4, -0.2) is 18.4 Å². The highest BCUT2D eigenvalue weighted by molar-refractivity contribution is 5.83. The molecule has 0 aliphatic heterocycles. The number of hydrazine groups is 1. The summed E-state index contributed by atoms with van der Waals surface area (Å²) in [5.74, 6) is -0.604. The van der Waals surface area contributed by atoms with Crippen molar-refractivity contribution in [3.63, 3.8) is 0 Å². The first-order valence-corrected chi connectivity index (χ1v) is 8.38. The summed E-state index contributed by atoms with van der Waals surface area (Å²) in [4.78, 5) is 23.7. The lowest BCUT2D eigenvalue weighted by molar-refractivity contribution is -0.130. The molecule has 1 unspecified atom stereocenters. The molecule has 0 radical (unpaired) electrons. The van der Waals surface area contributed by atoms with Gasteiger partial charge in [0.15, 0.2) is 6.61 Å². The minimum Gasteiger partial charge on any atom is -0.484 e. The van der Waals surface area contributed by atoms with Crippen molar-refractivity contribution in [3.05, 3.63) is 65.0 Å². The lowest BCUT2D eigenvalue weighted by Gasteiger charge is -2.13. The molecule has 0 heterocycles. The van der Waals surface area contributed by atoms with Crippen LogP contribution in [0.15, 0.2) is 42.5 Å². The molecule has 0 aromatic heterocycles. The van der Waals surface area contributed by atoms with Gasteiger partial charge in [-0.3, -0.25) is 20.4 Å². The molecule has 1 atom stereocenters. The van der Waals surface area contributed by atoms with E-state index in [9.17, 15) is 14.0 Å². The molecule has 138 valence electrons. The summed E-state index contributed by atoms with van der Waals surface area (Å²) < 4.78 is 18.3. The Morgan fingerprint density at radius 1 is 1.00 bits per heavy atom. The minimum absolute atomic E-state index is 0.0979. The Labute approximate surface area is 152 Å². The molecule has 2 amide bonds. The van der Waals surface area contributed by atoms with Crippen molar-refractivity contribution in [2.24, 2.45) is 0 Å². The number of halogens is 1. The van der Waals surface area contributed by atoms with Crippen LogP contribution in [0.5, 0.6) is 5.75 Å². The van der Waals surface area contributed by atoms with Crippen molar-refractivity contribution in [1.29, 1.82) is 0 Å². The number of carbonyl (C=O) groups excluding carboxylic acids is 2. The quantitative estimate of drug-likeness (QED) is 0.780. The molecule has 2 N–H and O–H groups in total. The van der Waals surface area contributed by atoms with E-state index in [-0.39, 0.29) is 30.7 Å². The van der Waals surface area contributed by atoms with Crippen LogP contribution in [0.4, 0.5) is 4.39 Å². The minimum atomic E-state index is -0.453. The van der Waals surface area contributed by atoms with Gasteiger partial charge in [-0.2, -0.15) is 0 Å². The zero-order chi connectivity index (χ0) is 19.1. The number of nitrogens with one attached hydrogen (secondary N) is 2. The largest absolute Gasteiger partial charge is 0.484 e. The van der Waals surface area contributed by atoms with Gasteiger partial charge in [0.2, 0.25) is 5.91 Å². The van der Waals surface area contributed by atoms with Crippen LogP contribution in [-0.2, 0) is 9.59 Å². The third-order valence-electron chi connectivity index (χ3n) is 4.12. The second kappa shape index (κ2) is 8.99. The predicted octanol–water partition coefficient (Wildman–Crippen LogP) is 3.16. The molecule has 0 saturated heterocycles. The van der Waals surface area contributed by atoms with Crippen LogP contribution in [0.1, 0.15) is 36.0 Å². The molecule has 6 heteroatoms. The van der Waals surface area contributed by atoms with Gasteiger partial charge in [-0.25, -0.2) is 4.39 Å². The van der Waals surface area contributed by atoms with Crippen LogP contribution in [0.3, 0.4) is 0 Å². The summed E-state index contributed by atoms with van der Waals surface area (Å²) >= 11 is 0. The van der Waals surface area contributed by atoms with E-state index in [4.69, 9.17) is 4.74 Å². The number of aryl methyl sites for hydroxylation is 2. The zero-order valence-corrected chi connectivity index (χ0v) is 15.1. The summed E-state index contributed by atoms with van der Waals surface area (Å²) in [6, 6.07) is 11.6. The molecule has 0 fully saturated rings. The van der Waals surface area contributed by atoms with E-state index >= 15 is 0 Å². The molecule has 2 aromatic rings. The first-order valence-electron chi connectivity index (χ1n) is 8.38. The average molecular weight is 358 g/mol. The Balaban J connectivity index is 1.73. The maximum Gasteiger partial charge on any atom is 0.276 e. The summed E-state index contributed by atoms with van der Waals surface area (Å²) in [6.07, 6.45) is 0.171. The standard InChI is InChI=1S/C20H23FN2O3/c1-13-4-9-18(10-14(13)2)26-12-20(25)23-22-19(24)11-15(3)16-5-7-17(21)8-6-16/h4-10,15H,11-12H2,1-3H3,(H,22,24)(H,23,25). The number of rotatable bonds is 6. The highest BCUT2D eigenvalue weighted by Gasteiger charge is 2.12. The lowest BCUT2D eigenvalue weighted by atomic mass is 9.98. The van der Waals surface area contributed by atoms with Gasteiger partial charge in [-0.1, -0.05) is 25.1 Å². The topological polar surface area (TPSA) is 67.4 Å². The van der Waals surface area contributed by atoms with Crippen LogP contribution in [0, 0.1) is 19.7 Å². The van der Waals surface area contributed by atoms with E-state index in [1.54, 1.807) is 18.2 Å². The maximum atomic E-state index is 12.9. The number of hydrogen-bond acceptors (Lipinski definition) is 3. The van der Waals surface area contributed by atoms with E-state index in [0.717, 1.165) is 16.7 Å². The fraction of sp³-hybridized carbons (Fsp3) is 0.300. The highest BCUT2D eigenvalue weighted by atomic mass is 19.1. The molecular formula is C20H23FN2O3. The number of benzene rings is 2. The summed E-state index contributed by atoms with van der Waals surface area (Å²) in [5, 5.41) is 0. The molecule has 2 aromatic carbocycles. The van der Waals surface area contributed by atoms with Crippen molar-refractivity contribution in [2.45, 2.75) is 33.1 Å². The molecule has 0 saturated carbocycles. The Morgan fingerprint density at radius 2 is 1.65 bits per heavy atom. The molecule has 0 bridgehead atoms. The first kappa shape index (κ1) is 19.4. The van der Waals surface area contributed by atoms with Gasteiger partial charge in [0.1, 0.15) is 11.6 Å². The van der Waals surface area contributed by atoms with Gasteiger partial charge in [0, 0.05) is 6.42 Å². The summed E-state index contributed by atoms with van der Waals surface area (Å²) in [6.45, 7) is 5.62. The summed E-state index contributed by atoms with van der Waals surface area (Å²) in [5.41, 5.74) is 7.75. The SMILES string of the molecule is Cc1ccc(OCC(=O)NNC(=O)CC(C)c2ccc(F)cc2)cc1C. The van der Waals surface area contributed by atoms with Crippen molar-refractivity contribution < 1.29 is 18.7 Å². The number of carbonyl (C=O) groups is 2. The van der Waals surface area contributed by atoms with Crippen molar-refractivity contribution >= 4 is 11.8 Å². The van der Waals surface area contributed by atoms with Crippen molar-refractivity contribution in [2.75, 3.05) is 6.61 Å². The highest BCUT2D eigenvalue weighted by Crippen LogP contribution is 2.19. The lowest BCUT2D eigenvalue weighted by Crippen LogP contribution is -2.44. The number of ether oxygens (including phenoxy) is 1. The first-order chi connectivity index (χ1) is 12.3. The van der Waals surface area contributed by atoms with Crippen LogP contribution < -0.4 is 15.6 Å². The van der Waals surface area contributed by atoms with Gasteiger partial charge >= 0.3 is 0 Å². The molecular weight excluding hydrogens is 335 g/mol. The fourth-order valence-electron chi connectivity index (χ4n) is 2.37. The van der Waals surface area contributed by atoms with Gasteiger partial charge in [0.05, 0.1) is 0 Å². The fourth-order valence-corrected chi connectivity index (χ4v) is 2.37. The second-order valence-corrected chi connectivity index (χ2v) is 6.29. The van der Waals surface area contributed by atoms with E-state index < -0.39 is 5.91 Å². The normalized spacial score (nSPS) is 11.5. The van der Waals surface area contributed by atoms with Gasteiger partial charge in [0.25, 0.3) is 5.91 Å². The van der Waals surface area contributed by atoms with E-state index in [1.807, 2.05) is 32.9 Å². The predicted molar refractivity (Wildman–Crippen MR) is 97.1 cm³/mol. The van der Waals surface area contributed by atoms with Crippen LogP contribution >= 0.6 is 0 Å². The third-order valence-corrected chi connectivity index (χ3v) is 4.12. The Bertz CT molecular complexity index is 775. The van der Waals surface area contributed by atoms with Gasteiger partial charge < -0.3 is 4.74 Å². The summed E-state index contributed by atoms with van der Waals surface area (Å²) in [7, 11) is 0. The molecule has 26 heavy (non-hydrogen) atoms. The monoisotopic (exact) mass is 358 g/mol. The Kier molecular flexibility index (Phi) is 6.72. The molecule has 5 nitrogen and oxygen atoms in total. The zero-order valence-electron chi connectivity index (χ0n) is 15.1. The second-order valence-electron chi connectivity index (χ2n) is 6.29. The van der Waals surface area contributed by atoms with Gasteiger partial charge in [-0.05, 0) is 60.7 Å². The van der Waals surface area contributed by atoms with Crippen molar-refractivity contribution in [1.82, 2.24) is 10.9 Å². The Hall–Kier alpha value is -2.89. The van der Waals surface area contributed by atoms with Crippen LogP contribution in [0.2, 0.25) is 0 Å². The van der Waals surface area contributed by atoms with E-state index in [2.05, 4.69) is 10.9 Å². The van der Waals surface area contributed by atoms with E-state index in [1.165, 1.54) is 12.1 Å². The average Bonchev–Trinajstić information content (AvgIpc) is 2.61. The van der Waals surface area contributed by atoms with Gasteiger partial charge in [-0.15, -0.1) is 0 Å². The third kappa shape index (κ3) is 5.88. The number of hydrogen-bond donors (Lipinski definition) is 2. The maximum absolute atomic E-state index is 12.9. The molecule has 0 spiro atoms. The van der Waals surface area contributed by atoms with Crippen LogP contribution in [0.25, 0.3) is 0 Å². The number of amides is 2. The molecule has 0 aliphatic carbocycles.